The molecule has 1 unspecified atom stereocenters. The number of carbonyl (C=O) groups excluding carboxylic acids is 1. The number of rotatable bonds is 5. The minimum Gasteiger partial charge on any atom is -0.399 e. The number of benzene rings is 1. The first-order chi connectivity index (χ1) is 8.04. The monoisotopic (exact) mass is 272 g/mol. The first kappa shape index (κ1) is 14.2. The van der Waals surface area contributed by atoms with E-state index in [4.69, 9.17) is 17.3 Å². The summed E-state index contributed by atoms with van der Waals surface area (Å²) < 4.78 is 0. The molecule has 0 heterocycles. The van der Waals surface area contributed by atoms with Crippen LogP contribution in [0.1, 0.15) is 23.7 Å². The van der Waals surface area contributed by atoms with Gasteiger partial charge in [-0.05, 0) is 43.6 Å². The summed E-state index contributed by atoms with van der Waals surface area (Å²) in [4.78, 5) is 11.9. The van der Waals surface area contributed by atoms with Crippen molar-refractivity contribution in [1.82, 2.24) is 5.32 Å². The van der Waals surface area contributed by atoms with Crippen LogP contribution in [-0.4, -0.2) is 24.0 Å². The van der Waals surface area contributed by atoms with Gasteiger partial charge in [0.15, 0.2) is 0 Å². The normalized spacial score (nSPS) is 12.2. The highest BCUT2D eigenvalue weighted by Gasteiger charge is 2.12. The summed E-state index contributed by atoms with van der Waals surface area (Å²) >= 11 is 7.73. The van der Waals surface area contributed by atoms with E-state index in [9.17, 15) is 4.79 Å². The zero-order chi connectivity index (χ0) is 12.8. The molecule has 5 heteroatoms. The molecule has 17 heavy (non-hydrogen) atoms. The quantitative estimate of drug-likeness (QED) is 0.811. The summed E-state index contributed by atoms with van der Waals surface area (Å²) in [7, 11) is 0. The molecule has 0 bridgehead atoms. The van der Waals surface area contributed by atoms with Crippen LogP contribution in [0.25, 0.3) is 0 Å². The van der Waals surface area contributed by atoms with E-state index in [2.05, 4.69) is 5.32 Å². The lowest BCUT2D eigenvalue weighted by molar-refractivity contribution is 0.0939. The van der Waals surface area contributed by atoms with E-state index in [1.54, 1.807) is 30.0 Å². The number of nitrogen functional groups attached to an aromatic ring is 1. The molecule has 1 atom stereocenters. The number of nitrogens with two attached hydrogens (primary N) is 1. The third-order valence-corrected chi connectivity index (χ3v) is 3.33. The molecule has 0 saturated heterocycles. The second-order valence-corrected chi connectivity index (χ2v) is 5.29. The van der Waals surface area contributed by atoms with Crippen molar-refractivity contribution in [2.24, 2.45) is 0 Å². The molecule has 1 amide bonds. The first-order valence-electron chi connectivity index (χ1n) is 5.39. The molecular weight excluding hydrogens is 256 g/mol. The molecular formula is C12H17ClN2OS. The van der Waals surface area contributed by atoms with Crippen LogP contribution in [0.3, 0.4) is 0 Å². The molecule has 0 fully saturated rings. The fraction of sp³-hybridized carbons (Fsp3) is 0.417. The Morgan fingerprint density at radius 1 is 1.59 bits per heavy atom. The topological polar surface area (TPSA) is 55.1 Å². The maximum absolute atomic E-state index is 11.9. The fourth-order valence-electron chi connectivity index (χ4n) is 1.38. The van der Waals surface area contributed by atoms with Crippen LogP contribution in [0.4, 0.5) is 5.69 Å². The van der Waals surface area contributed by atoms with Gasteiger partial charge in [0.25, 0.3) is 5.91 Å². The van der Waals surface area contributed by atoms with E-state index in [1.807, 2.05) is 13.2 Å². The number of hydrogen-bond donors (Lipinski definition) is 2. The second-order valence-electron chi connectivity index (χ2n) is 3.90. The van der Waals surface area contributed by atoms with Crippen LogP contribution in [0, 0.1) is 0 Å². The lowest BCUT2D eigenvalue weighted by Gasteiger charge is -2.14. The lowest BCUT2D eigenvalue weighted by Crippen LogP contribution is -2.33. The predicted octanol–water partition coefficient (Wildman–Crippen LogP) is 2.79. The number of thioether (sulfide) groups is 1. The third-order valence-electron chi connectivity index (χ3n) is 2.37. The summed E-state index contributed by atoms with van der Waals surface area (Å²) in [5.74, 6) is 0.875. The molecule has 0 radical (unpaired) electrons. The molecule has 0 spiro atoms. The van der Waals surface area contributed by atoms with Gasteiger partial charge in [-0.1, -0.05) is 11.6 Å². The highest BCUT2D eigenvalue weighted by Crippen LogP contribution is 2.19. The van der Waals surface area contributed by atoms with Crippen molar-refractivity contribution in [1.29, 1.82) is 0 Å². The summed E-state index contributed by atoms with van der Waals surface area (Å²) in [5, 5.41) is 3.30. The third kappa shape index (κ3) is 4.48. The van der Waals surface area contributed by atoms with Gasteiger partial charge >= 0.3 is 0 Å². The van der Waals surface area contributed by atoms with E-state index < -0.39 is 0 Å². The van der Waals surface area contributed by atoms with E-state index in [1.165, 1.54) is 0 Å². The van der Waals surface area contributed by atoms with Crippen LogP contribution < -0.4 is 11.1 Å². The Bertz CT molecular complexity index is 398. The number of carbonyl (C=O) groups is 1. The van der Waals surface area contributed by atoms with Gasteiger partial charge in [-0.2, -0.15) is 11.8 Å². The summed E-state index contributed by atoms with van der Waals surface area (Å²) in [6.07, 6.45) is 2.99. The number of halogens is 1. The minimum absolute atomic E-state index is 0.142. The lowest BCUT2D eigenvalue weighted by atomic mass is 10.1. The summed E-state index contributed by atoms with van der Waals surface area (Å²) in [5.41, 5.74) is 6.60. The van der Waals surface area contributed by atoms with Crippen LogP contribution in [-0.2, 0) is 0 Å². The summed E-state index contributed by atoms with van der Waals surface area (Å²) in [6.45, 7) is 1.99. The molecule has 1 aromatic rings. The van der Waals surface area contributed by atoms with Crippen molar-refractivity contribution in [3.63, 3.8) is 0 Å². The Morgan fingerprint density at radius 2 is 2.29 bits per heavy atom. The number of nitrogens with one attached hydrogen (secondary N) is 1. The van der Waals surface area contributed by atoms with Gasteiger partial charge in [0.2, 0.25) is 0 Å². The Labute approximate surface area is 111 Å². The van der Waals surface area contributed by atoms with Crippen molar-refractivity contribution in [2.45, 2.75) is 19.4 Å². The molecule has 0 aliphatic rings. The van der Waals surface area contributed by atoms with Crippen LogP contribution in [0.5, 0.6) is 0 Å². The Hall–Kier alpha value is -0.870. The van der Waals surface area contributed by atoms with Crippen molar-refractivity contribution in [3.8, 4) is 0 Å². The molecule has 0 aliphatic carbocycles. The highest BCUT2D eigenvalue weighted by atomic mass is 35.5. The number of anilines is 1. The van der Waals surface area contributed by atoms with Gasteiger partial charge in [0.1, 0.15) is 0 Å². The van der Waals surface area contributed by atoms with Gasteiger partial charge in [0.05, 0.1) is 10.6 Å². The zero-order valence-electron chi connectivity index (χ0n) is 10.00. The van der Waals surface area contributed by atoms with Gasteiger partial charge in [0, 0.05) is 11.7 Å². The molecule has 1 rings (SSSR count). The van der Waals surface area contributed by atoms with E-state index in [0.29, 0.717) is 16.3 Å². The van der Waals surface area contributed by atoms with E-state index >= 15 is 0 Å². The molecule has 3 N–H and O–H groups in total. The van der Waals surface area contributed by atoms with Gasteiger partial charge in [-0.3, -0.25) is 4.79 Å². The molecule has 94 valence electrons. The predicted molar refractivity (Wildman–Crippen MR) is 75.8 cm³/mol. The second kappa shape index (κ2) is 6.77. The largest absolute Gasteiger partial charge is 0.399 e. The van der Waals surface area contributed by atoms with Crippen LogP contribution in [0.2, 0.25) is 5.02 Å². The zero-order valence-corrected chi connectivity index (χ0v) is 11.6. The van der Waals surface area contributed by atoms with Crippen molar-refractivity contribution in [3.05, 3.63) is 28.8 Å². The van der Waals surface area contributed by atoms with E-state index in [0.717, 1.165) is 12.2 Å². The van der Waals surface area contributed by atoms with Crippen LogP contribution >= 0.6 is 23.4 Å². The fourth-order valence-corrected chi connectivity index (χ4v) is 2.25. The Kier molecular flexibility index (Phi) is 5.65. The smallest absolute Gasteiger partial charge is 0.253 e. The maximum Gasteiger partial charge on any atom is 0.253 e. The molecule has 0 aromatic heterocycles. The van der Waals surface area contributed by atoms with Gasteiger partial charge in [-0.25, -0.2) is 0 Å². The van der Waals surface area contributed by atoms with E-state index in [-0.39, 0.29) is 11.9 Å². The van der Waals surface area contributed by atoms with Crippen molar-refractivity contribution < 1.29 is 4.79 Å². The number of hydrogen-bond acceptors (Lipinski definition) is 3. The minimum atomic E-state index is -0.149. The Morgan fingerprint density at radius 3 is 2.88 bits per heavy atom. The molecule has 3 nitrogen and oxygen atoms in total. The first-order valence-corrected chi connectivity index (χ1v) is 7.16. The average Bonchev–Trinajstić information content (AvgIpc) is 2.26. The molecule has 0 aliphatic heterocycles. The number of amides is 1. The SMILES string of the molecule is CSCCC(C)NC(=O)c1ccc(N)cc1Cl. The van der Waals surface area contributed by atoms with Crippen molar-refractivity contribution >= 4 is 35.0 Å². The highest BCUT2D eigenvalue weighted by molar-refractivity contribution is 7.98. The van der Waals surface area contributed by atoms with Crippen LogP contribution in [0.15, 0.2) is 18.2 Å². The van der Waals surface area contributed by atoms with Crippen molar-refractivity contribution in [2.75, 3.05) is 17.7 Å². The maximum atomic E-state index is 11.9. The van der Waals surface area contributed by atoms with Gasteiger partial charge < -0.3 is 11.1 Å². The average molecular weight is 273 g/mol. The van der Waals surface area contributed by atoms with Gasteiger partial charge in [-0.15, -0.1) is 0 Å². The molecule has 0 saturated carbocycles. The summed E-state index contributed by atoms with van der Waals surface area (Å²) in [6, 6.07) is 5.05. The Balaban J connectivity index is 2.63. The standard InChI is InChI=1S/C12H17ClN2OS/c1-8(5-6-17-2)15-12(16)10-4-3-9(14)7-11(10)13/h3-4,7-8H,5-6,14H2,1-2H3,(H,15,16). The molecule has 1 aromatic carbocycles.